The molecule has 6 nitrogen and oxygen atoms in total. The van der Waals surface area contributed by atoms with Gasteiger partial charge < -0.3 is 14.4 Å². The molecule has 0 atom stereocenters. The van der Waals surface area contributed by atoms with Crippen LogP contribution in [0.1, 0.15) is 24.5 Å². The minimum Gasteiger partial charge on any atom is -0.423 e. The van der Waals surface area contributed by atoms with E-state index >= 15 is 0 Å². The lowest BCUT2D eigenvalue weighted by molar-refractivity contribution is 0.265. The lowest BCUT2D eigenvalue weighted by Crippen LogP contribution is -2.33. The third kappa shape index (κ3) is 2.70. The van der Waals surface area contributed by atoms with Crippen LogP contribution in [0.4, 0.5) is 6.01 Å². The van der Waals surface area contributed by atoms with Crippen LogP contribution in [0.3, 0.4) is 0 Å². The second-order valence-electron chi connectivity index (χ2n) is 5.93. The van der Waals surface area contributed by atoms with E-state index in [1.165, 1.54) is 5.69 Å². The highest BCUT2D eigenvalue weighted by Gasteiger charge is 2.25. The molecule has 3 aromatic rings. The number of aromatic nitrogens is 3. The number of benzene rings is 1. The largest absolute Gasteiger partial charge is 0.423 e. The van der Waals surface area contributed by atoms with Crippen LogP contribution in [0, 0.1) is 0 Å². The molecule has 1 aliphatic heterocycles. The van der Waals surface area contributed by atoms with Crippen LogP contribution in [-0.4, -0.2) is 39.6 Å². The van der Waals surface area contributed by atoms with E-state index in [4.69, 9.17) is 9.52 Å². The van der Waals surface area contributed by atoms with Crippen LogP contribution >= 0.6 is 0 Å². The predicted molar refractivity (Wildman–Crippen MR) is 87.5 cm³/mol. The molecule has 120 valence electrons. The van der Waals surface area contributed by atoms with Crippen molar-refractivity contribution in [3.63, 3.8) is 0 Å². The molecule has 3 heterocycles. The maximum Gasteiger partial charge on any atom is 0.298 e. The third-order valence-electron chi connectivity index (χ3n) is 4.53. The number of rotatable bonds is 4. The SMILES string of the molecule is OCCn1nccc1C1CCN(c2nc3ccccc3o2)CC1. The van der Waals surface area contributed by atoms with Crippen molar-refractivity contribution in [2.75, 3.05) is 24.6 Å². The first-order valence-corrected chi connectivity index (χ1v) is 8.08. The Hall–Kier alpha value is -2.34. The Labute approximate surface area is 134 Å². The summed E-state index contributed by atoms with van der Waals surface area (Å²) < 4.78 is 7.78. The standard InChI is InChI=1S/C17H20N4O2/c22-12-11-21-15(5-8-18-21)13-6-9-20(10-7-13)17-19-14-3-1-2-4-16(14)23-17/h1-5,8,13,22H,6-7,9-12H2. The Kier molecular flexibility index (Phi) is 3.75. The molecular formula is C17H20N4O2. The molecule has 0 bridgehead atoms. The molecule has 0 saturated carbocycles. The van der Waals surface area contributed by atoms with Gasteiger partial charge in [-0.25, -0.2) is 0 Å². The van der Waals surface area contributed by atoms with E-state index in [9.17, 15) is 0 Å². The van der Waals surface area contributed by atoms with Gasteiger partial charge in [0.05, 0.1) is 13.2 Å². The minimum atomic E-state index is 0.121. The van der Waals surface area contributed by atoms with Crippen molar-refractivity contribution in [2.24, 2.45) is 0 Å². The molecule has 1 saturated heterocycles. The first kappa shape index (κ1) is 14.3. The van der Waals surface area contributed by atoms with Gasteiger partial charge in [0.1, 0.15) is 5.52 Å². The zero-order chi connectivity index (χ0) is 15.6. The normalized spacial score (nSPS) is 16.3. The molecule has 1 aliphatic rings. The average molecular weight is 312 g/mol. The number of anilines is 1. The molecule has 6 heteroatoms. The first-order valence-electron chi connectivity index (χ1n) is 8.08. The maximum absolute atomic E-state index is 9.13. The van der Waals surface area contributed by atoms with E-state index in [0.29, 0.717) is 18.5 Å². The van der Waals surface area contributed by atoms with E-state index in [-0.39, 0.29) is 6.61 Å². The van der Waals surface area contributed by atoms with Gasteiger partial charge in [0.2, 0.25) is 0 Å². The summed E-state index contributed by atoms with van der Waals surface area (Å²) in [6, 6.07) is 10.6. The Morgan fingerprint density at radius 3 is 2.78 bits per heavy atom. The van der Waals surface area contributed by atoms with Crippen molar-refractivity contribution >= 4 is 17.1 Å². The molecule has 0 unspecified atom stereocenters. The van der Waals surface area contributed by atoms with E-state index in [2.05, 4.69) is 21.0 Å². The van der Waals surface area contributed by atoms with Crippen LogP contribution in [0.25, 0.3) is 11.1 Å². The van der Waals surface area contributed by atoms with Gasteiger partial charge in [-0.3, -0.25) is 4.68 Å². The van der Waals surface area contributed by atoms with Crippen LogP contribution in [-0.2, 0) is 6.54 Å². The number of oxazole rings is 1. The summed E-state index contributed by atoms with van der Waals surface area (Å²) in [5.41, 5.74) is 2.97. The van der Waals surface area contributed by atoms with Gasteiger partial charge in [-0.1, -0.05) is 12.1 Å². The summed E-state index contributed by atoms with van der Waals surface area (Å²) in [5, 5.41) is 13.4. The molecule has 0 spiro atoms. The molecule has 4 rings (SSSR count). The second-order valence-corrected chi connectivity index (χ2v) is 5.93. The van der Waals surface area contributed by atoms with E-state index in [1.54, 1.807) is 0 Å². The highest BCUT2D eigenvalue weighted by molar-refractivity contribution is 5.74. The summed E-state index contributed by atoms with van der Waals surface area (Å²) in [6.07, 6.45) is 3.89. The highest BCUT2D eigenvalue weighted by atomic mass is 16.4. The number of nitrogens with zero attached hydrogens (tertiary/aromatic N) is 4. The van der Waals surface area contributed by atoms with Crippen molar-refractivity contribution in [3.05, 3.63) is 42.2 Å². The van der Waals surface area contributed by atoms with Crippen LogP contribution in [0.2, 0.25) is 0 Å². The van der Waals surface area contributed by atoms with Gasteiger partial charge in [-0.05, 0) is 31.0 Å². The fourth-order valence-electron chi connectivity index (χ4n) is 3.33. The lowest BCUT2D eigenvalue weighted by atomic mass is 9.93. The molecule has 1 N–H and O–H groups in total. The molecule has 1 fully saturated rings. The first-order chi connectivity index (χ1) is 11.3. The summed E-state index contributed by atoms with van der Waals surface area (Å²) >= 11 is 0. The number of piperidine rings is 1. The number of hydrogen-bond donors (Lipinski definition) is 1. The fraction of sp³-hybridized carbons (Fsp3) is 0.412. The molecule has 23 heavy (non-hydrogen) atoms. The number of para-hydroxylation sites is 2. The zero-order valence-electron chi connectivity index (χ0n) is 12.9. The van der Waals surface area contributed by atoms with Gasteiger partial charge in [0, 0.05) is 30.9 Å². The average Bonchev–Trinajstić information content (AvgIpc) is 3.22. The van der Waals surface area contributed by atoms with E-state index < -0.39 is 0 Å². The van der Waals surface area contributed by atoms with Crippen molar-refractivity contribution in [1.82, 2.24) is 14.8 Å². The molecule has 0 amide bonds. The van der Waals surface area contributed by atoms with Gasteiger partial charge in [0.15, 0.2) is 5.58 Å². The van der Waals surface area contributed by atoms with Crippen LogP contribution in [0.5, 0.6) is 0 Å². The van der Waals surface area contributed by atoms with Crippen LogP contribution in [0.15, 0.2) is 40.9 Å². The molecule has 2 aromatic heterocycles. The summed E-state index contributed by atoms with van der Waals surface area (Å²) in [5.74, 6) is 0.477. The second kappa shape index (κ2) is 6.04. The number of hydrogen-bond acceptors (Lipinski definition) is 5. The van der Waals surface area contributed by atoms with E-state index in [0.717, 1.165) is 37.0 Å². The zero-order valence-corrected chi connectivity index (χ0v) is 12.9. The lowest BCUT2D eigenvalue weighted by Gasteiger charge is -2.31. The summed E-state index contributed by atoms with van der Waals surface area (Å²) in [6.45, 7) is 2.52. The quantitative estimate of drug-likeness (QED) is 0.801. The molecule has 0 radical (unpaired) electrons. The van der Waals surface area contributed by atoms with Gasteiger partial charge in [-0.15, -0.1) is 0 Å². The van der Waals surface area contributed by atoms with Crippen molar-refractivity contribution in [2.45, 2.75) is 25.3 Å². The molecule has 0 aliphatic carbocycles. The molecule has 1 aromatic carbocycles. The van der Waals surface area contributed by atoms with Crippen LogP contribution < -0.4 is 4.90 Å². The summed E-state index contributed by atoms with van der Waals surface area (Å²) in [4.78, 5) is 6.79. The fourth-order valence-corrected chi connectivity index (χ4v) is 3.33. The number of aliphatic hydroxyl groups excluding tert-OH is 1. The Balaban J connectivity index is 1.47. The maximum atomic E-state index is 9.13. The Morgan fingerprint density at radius 1 is 1.17 bits per heavy atom. The van der Waals surface area contributed by atoms with Crippen molar-refractivity contribution < 1.29 is 9.52 Å². The van der Waals surface area contributed by atoms with Crippen molar-refractivity contribution in [1.29, 1.82) is 0 Å². The topological polar surface area (TPSA) is 67.3 Å². The van der Waals surface area contributed by atoms with E-state index in [1.807, 2.05) is 35.1 Å². The Bertz CT molecular complexity index is 754. The van der Waals surface area contributed by atoms with Gasteiger partial charge in [-0.2, -0.15) is 10.1 Å². The predicted octanol–water partition coefficient (Wildman–Crippen LogP) is 2.40. The van der Waals surface area contributed by atoms with Gasteiger partial charge in [0.25, 0.3) is 6.01 Å². The number of aliphatic hydroxyl groups is 1. The minimum absolute atomic E-state index is 0.121. The Morgan fingerprint density at radius 2 is 2.00 bits per heavy atom. The number of fused-ring (bicyclic) bond motifs is 1. The smallest absolute Gasteiger partial charge is 0.298 e. The third-order valence-corrected chi connectivity index (χ3v) is 4.53. The monoisotopic (exact) mass is 312 g/mol. The van der Waals surface area contributed by atoms with Gasteiger partial charge >= 0.3 is 0 Å². The molecular weight excluding hydrogens is 292 g/mol. The summed E-state index contributed by atoms with van der Waals surface area (Å²) in [7, 11) is 0. The highest BCUT2D eigenvalue weighted by Crippen LogP contribution is 2.31. The van der Waals surface area contributed by atoms with Crippen molar-refractivity contribution in [3.8, 4) is 0 Å².